The molecule has 2 unspecified atom stereocenters. The summed E-state index contributed by atoms with van der Waals surface area (Å²) in [6, 6.07) is 7.68. The molecule has 3 rings (SSSR count). The lowest BCUT2D eigenvalue weighted by Crippen LogP contribution is -2.58. The zero-order valence-corrected chi connectivity index (χ0v) is 19.3. The molecule has 0 aliphatic carbocycles. The Morgan fingerprint density at radius 2 is 1.94 bits per heavy atom. The normalized spacial score (nSPS) is 19.7. The van der Waals surface area contributed by atoms with Crippen LogP contribution in [0.3, 0.4) is 0 Å². The van der Waals surface area contributed by atoms with E-state index in [1.54, 1.807) is 17.0 Å². The Morgan fingerprint density at radius 3 is 2.59 bits per heavy atom. The molecule has 1 aromatic heterocycles. The predicted octanol–water partition coefficient (Wildman–Crippen LogP) is 2.76. The molecule has 2 aromatic rings. The van der Waals surface area contributed by atoms with Crippen molar-refractivity contribution in [3.63, 3.8) is 0 Å². The second-order valence-electron chi connectivity index (χ2n) is 7.93. The molecule has 11 heteroatoms. The molecular weight excluding hydrogens is 461 g/mol. The van der Waals surface area contributed by atoms with Crippen molar-refractivity contribution in [2.45, 2.75) is 38.2 Å². The van der Waals surface area contributed by atoms with Gasteiger partial charge in [-0.1, -0.05) is 23.7 Å². The van der Waals surface area contributed by atoms with Gasteiger partial charge in [-0.2, -0.15) is 8.42 Å². The van der Waals surface area contributed by atoms with Crippen LogP contribution in [0.4, 0.5) is 4.39 Å². The Morgan fingerprint density at radius 1 is 1.25 bits per heavy atom. The van der Waals surface area contributed by atoms with Crippen LogP contribution in [0.25, 0.3) is 0 Å². The minimum absolute atomic E-state index is 0.0679. The first-order chi connectivity index (χ1) is 15.0. The number of benzene rings is 1. The first-order valence-electron chi connectivity index (χ1n) is 10.0. The first-order valence-corrected chi connectivity index (χ1v) is 12.0. The van der Waals surface area contributed by atoms with E-state index < -0.39 is 15.9 Å². The van der Waals surface area contributed by atoms with Gasteiger partial charge in [0.1, 0.15) is 11.6 Å². The van der Waals surface area contributed by atoms with Crippen LogP contribution in [-0.4, -0.2) is 65.4 Å². The summed E-state index contributed by atoms with van der Waals surface area (Å²) in [6.07, 6.45) is 1.27. The molecule has 1 saturated heterocycles. The maximum absolute atomic E-state index is 13.1. The molecule has 1 aliphatic heterocycles. The lowest BCUT2D eigenvalue weighted by atomic mass is 10.1. The van der Waals surface area contributed by atoms with E-state index in [1.165, 1.54) is 24.4 Å². The monoisotopic (exact) mass is 485 g/mol. The topological polar surface area (TPSA) is 100 Å². The predicted molar refractivity (Wildman–Crippen MR) is 117 cm³/mol. The van der Waals surface area contributed by atoms with Crippen molar-refractivity contribution in [1.29, 1.82) is 0 Å². The van der Waals surface area contributed by atoms with Crippen LogP contribution >= 0.6 is 11.6 Å². The van der Waals surface area contributed by atoms with Gasteiger partial charge >= 0.3 is 0 Å². The molecule has 0 bridgehead atoms. The highest BCUT2D eigenvalue weighted by molar-refractivity contribution is 7.85. The smallest absolute Gasteiger partial charge is 0.269 e. The van der Waals surface area contributed by atoms with Crippen molar-refractivity contribution >= 4 is 27.6 Å². The number of carbonyl (C=O) groups excluding carboxylic acids is 1. The SMILES string of the molecule is CC1CN(C(=O)COc2ncc(Cl)cc2CS(=O)(=O)O)C(C)CN1Cc1ccc(F)cc1. The average Bonchev–Trinajstić information content (AvgIpc) is 2.70. The molecule has 174 valence electrons. The van der Waals surface area contributed by atoms with Gasteiger partial charge < -0.3 is 9.64 Å². The number of hydrogen-bond acceptors (Lipinski definition) is 6. The van der Waals surface area contributed by atoms with Crippen LogP contribution in [0.2, 0.25) is 5.02 Å². The number of hydrogen-bond donors (Lipinski definition) is 1. The molecule has 0 saturated carbocycles. The molecule has 1 aromatic carbocycles. The van der Waals surface area contributed by atoms with Crippen LogP contribution in [0.5, 0.6) is 5.88 Å². The summed E-state index contributed by atoms with van der Waals surface area (Å²) in [5.74, 6) is -1.34. The average molecular weight is 486 g/mol. The van der Waals surface area contributed by atoms with E-state index in [9.17, 15) is 17.6 Å². The highest BCUT2D eigenvalue weighted by atomic mass is 35.5. The van der Waals surface area contributed by atoms with Crippen molar-refractivity contribution < 1.29 is 26.9 Å². The van der Waals surface area contributed by atoms with E-state index in [4.69, 9.17) is 20.9 Å². The van der Waals surface area contributed by atoms with Crippen molar-refractivity contribution in [1.82, 2.24) is 14.8 Å². The Hall–Kier alpha value is -2.27. The summed E-state index contributed by atoms with van der Waals surface area (Å²) in [4.78, 5) is 20.7. The van der Waals surface area contributed by atoms with Crippen LogP contribution in [0, 0.1) is 5.82 Å². The molecule has 1 aliphatic rings. The van der Waals surface area contributed by atoms with Gasteiger partial charge in [-0.3, -0.25) is 14.2 Å². The fourth-order valence-corrected chi connectivity index (χ4v) is 4.48. The Balaban J connectivity index is 1.61. The van der Waals surface area contributed by atoms with Gasteiger partial charge in [0.15, 0.2) is 6.61 Å². The van der Waals surface area contributed by atoms with Crippen LogP contribution < -0.4 is 4.74 Å². The Kier molecular flexibility index (Phi) is 7.71. The van der Waals surface area contributed by atoms with Crippen LogP contribution in [-0.2, 0) is 27.2 Å². The summed E-state index contributed by atoms with van der Waals surface area (Å²) in [5.41, 5.74) is 1.06. The number of halogens is 2. The zero-order chi connectivity index (χ0) is 23.5. The largest absolute Gasteiger partial charge is 0.467 e. The zero-order valence-electron chi connectivity index (χ0n) is 17.7. The van der Waals surface area contributed by atoms with Crippen LogP contribution in [0.15, 0.2) is 36.5 Å². The van der Waals surface area contributed by atoms with E-state index in [0.29, 0.717) is 19.6 Å². The number of pyridine rings is 1. The summed E-state index contributed by atoms with van der Waals surface area (Å²) in [5, 5.41) is 0.182. The first kappa shape index (κ1) is 24.4. The number of carbonyl (C=O) groups is 1. The third kappa shape index (κ3) is 6.61. The maximum atomic E-state index is 13.1. The molecule has 32 heavy (non-hydrogen) atoms. The molecule has 8 nitrogen and oxygen atoms in total. The molecule has 0 radical (unpaired) electrons. The summed E-state index contributed by atoms with van der Waals surface area (Å²) in [7, 11) is -4.33. The molecule has 1 N–H and O–H groups in total. The third-order valence-corrected chi connectivity index (χ3v) is 6.18. The minimum Gasteiger partial charge on any atom is -0.467 e. The number of nitrogens with zero attached hydrogens (tertiary/aromatic N) is 3. The summed E-state index contributed by atoms with van der Waals surface area (Å²) >= 11 is 5.85. The summed E-state index contributed by atoms with van der Waals surface area (Å²) in [6.45, 7) is 5.39. The van der Waals surface area contributed by atoms with Gasteiger partial charge in [-0.05, 0) is 37.6 Å². The lowest BCUT2D eigenvalue weighted by Gasteiger charge is -2.44. The van der Waals surface area contributed by atoms with Crippen molar-refractivity contribution in [2.75, 3.05) is 19.7 Å². The number of aromatic nitrogens is 1. The maximum Gasteiger partial charge on any atom is 0.269 e. The fraction of sp³-hybridized carbons (Fsp3) is 0.429. The van der Waals surface area contributed by atoms with E-state index in [0.717, 1.165) is 5.56 Å². The minimum atomic E-state index is -4.33. The van der Waals surface area contributed by atoms with Crippen molar-refractivity contribution in [3.8, 4) is 5.88 Å². The van der Waals surface area contributed by atoms with Gasteiger partial charge in [-0.15, -0.1) is 0 Å². The Bertz CT molecular complexity index is 1070. The lowest BCUT2D eigenvalue weighted by molar-refractivity contribution is -0.139. The van der Waals surface area contributed by atoms with Crippen molar-refractivity contribution in [3.05, 3.63) is 58.5 Å². The number of rotatable bonds is 7. The van der Waals surface area contributed by atoms with Gasteiger partial charge in [0.2, 0.25) is 5.88 Å². The highest BCUT2D eigenvalue weighted by Crippen LogP contribution is 2.23. The molecule has 2 atom stereocenters. The number of amides is 1. The second kappa shape index (κ2) is 10.1. The molecule has 1 amide bonds. The fourth-order valence-electron chi connectivity index (χ4n) is 3.70. The molecular formula is C21H25ClFN3O5S. The third-order valence-electron chi connectivity index (χ3n) is 5.30. The van der Waals surface area contributed by atoms with Crippen molar-refractivity contribution in [2.24, 2.45) is 0 Å². The summed E-state index contributed by atoms with van der Waals surface area (Å²) < 4.78 is 50.2. The van der Waals surface area contributed by atoms with E-state index in [-0.39, 0.29) is 46.9 Å². The van der Waals surface area contributed by atoms with Gasteiger partial charge in [0.25, 0.3) is 16.0 Å². The van der Waals surface area contributed by atoms with Gasteiger partial charge in [0.05, 0.1) is 5.02 Å². The molecule has 1 fully saturated rings. The van der Waals surface area contributed by atoms with Crippen LogP contribution in [0.1, 0.15) is 25.0 Å². The van der Waals surface area contributed by atoms with E-state index >= 15 is 0 Å². The second-order valence-corrected chi connectivity index (χ2v) is 9.82. The van der Waals surface area contributed by atoms with Gasteiger partial charge in [0, 0.05) is 43.5 Å². The standard InChI is InChI=1S/C21H25ClFN3O5S/c1-14-10-26(15(2)9-25(14)11-16-3-5-19(23)6-4-16)20(27)12-31-21-17(13-32(28,29)30)7-18(22)8-24-21/h3-8,14-15H,9-13H2,1-2H3,(H,28,29,30). The quantitative estimate of drug-likeness (QED) is 0.602. The number of piperazine rings is 1. The molecule has 0 spiro atoms. The number of ether oxygens (including phenoxy) is 1. The van der Waals surface area contributed by atoms with Gasteiger partial charge in [-0.25, -0.2) is 9.37 Å². The molecule has 2 heterocycles. The Labute approximate surface area is 191 Å². The van der Waals surface area contributed by atoms with E-state index in [2.05, 4.69) is 9.88 Å². The highest BCUT2D eigenvalue weighted by Gasteiger charge is 2.32. The van der Waals surface area contributed by atoms with E-state index in [1.807, 2.05) is 13.8 Å².